The maximum atomic E-state index is 14.3. The van der Waals surface area contributed by atoms with Crippen LogP contribution < -0.4 is 5.32 Å². The van der Waals surface area contributed by atoms with Gasteiger partial charge in [0.05, 0.1) is 11.6 Å². The predicted molar refractivity (Wildman–Crippen MR) is 105 cm³/mol. The lowest BCUT2D eigenvalue weighted by Gasteiger charge is -2.46. The Morgan fingerprint density at radius 3 is 2.53 bits per heavy atom. The highest BCUT2D eigenvalue weighted by molar-refractivity contribution is 5.91. The van der Waals surface area contributed by atoms with Gasteiger partial charge in [0.1, 0.15) is 11.6 Å². The number of nitrogens with one attached hydrogen (secondary N) is 1. The van der Waals surface area contributed by atoms with Gasteiger partial charge in [-0.05, 0) is 43.9 Å². The van der Waals surface area contributed by atoms with Gasteiger partial charge in [-0.2, -0.15) is 13.2 Å². The molecule has 1 spiro atoms. The van der Waals surface area contributed by atoms with E-state index in [2.05, 4.69) is 15.3 Å². The van der Waals surface area contributed by atoms with E-state index >= 15 is 0 Å². The minimum Gasteiger partial charge on any atom is -0.505 e. The first kappa shape index (κ1) is 20.9. The summed E-state index contributed by atoms with van der Waals surface area (Å²) in [6.07, 6.45) is -3.91. The standard InChI is InChI=1S/C22H18F5N3O2/c1-10-28-8-13-15(29-10)6-11(23)7-16(13)30-19-12-2-3-14(24)18(31)17(12)20(4-5-20)9-21(19,32)22(25,26)27/h2-3,6-8,19,30-32H,4-5,9H2,1H3. The number of anilines is 1. The Hall–Kier alpha value is -3.01. The van der Waals surface area contributed by atoms with Crippen molar-refractivity contribution in [2.24, 2.45) is 0 Å². The second-order valence-electron chi connectivity index (χ2n) is 8.62. The van der Waals surface area contributed by atoms with E-state index in [4.69, 9.17) is 0 Å². The van der Waals surface area contributed by atoms with E-state index in [1.807, 2.05) is 0 Å². The van der Waals surface area contributed by atoms with Gasteiger partial charge in [0.2, 0.25) is 0 Å². The van der Waals surface area contributed by atoms with Gasteiger partial charge in [0, 0.05) is 34.3 Å². The fourth-order valence-electron chi connectivity index (χ4n) is 4.85. The number of phenolic OH excluding ortho intramolecular Hbond substituents is 1. The number of benzene rings is 2. The normalized spacial score (nSPS) is 23.9. The third-order valence-corrected chi connectivity index (χ3v) is 6.52. The summed E-state index contributed by atoms with van der Waals surface area (Å²) < 4.78 is 71.1. The second kappa shape index (κ2) is 6.50. The zero-order chi connectivity index (χ0) is 23.1. The molecule has 2 atom stereocenters. The SMILES string of the molecule is Cc1ncc2c(NC3c4ccc(F)c(O)c4C4(CC4)CC3(O)C(F)(F)F)cc(F)cc2n1. The van der Waals surface area contributed by atoms with Crippen LogP contribution in [-0.2, 0) is 5.41 Å². The second-order valence-corrected chi connectivity index (χ2v) is 8.62. The summed E-state index contributed by atoms with van der Waals surface area (Å²) in [5, 5.41) is 24.3. The average Bonchev–Trinajstić information content (AvgIpc) is 3.45. The Morgan fingerprint density at radius 2 is 1.88 bits per heavy atom. The Kier molecular flexibility index (Phi) is 4.24. The number of aliphatic hydroxyl groups is 1. The molecule has 0 aliphatic heterocycles. The summed E-state index contributed by atoms with van der Waals surface area (Å²) in [6, 6.07) is 2.27. The summed E-state index contributed by atoms with van der Waals surface area (Å²) in [6.45, 7) is 1.59. The van der Waals surface area contributed by atoms with Crippen LogP contribution in [0.5, 0.6) is 5.75 Å². The van der Waals surface area contributed by atoms with Crippen LogP contribution in [0, 0.1) is 18.6 Å². The number of halogens is 5. The van der Waals surface area contributed by atoms with E-state index < -0.39 is 47.0 Å². The molecular formula is C22H18F5N3O2. The van der Waals surface area contributed by atoms with Gasteiger partial charge < -0.3 is 15.5 Å². The van der Waals surface area contributed by atoms with E-state index in [-0.39, 0.29) is 40.6 Å². The molecule has 0 radical (unpaired) electrons. The summed E-state index contributed by atoms with van der Waals surface area (Å²) >= 11 is 0. The molecule has 0 amide bonds. The van der Waals surface area contributed by atoms with Crippen LogP contribution in [-0.4, -0.2) is 32.0 Å². The Bertz CT molecular complexity index is 1250. The number of aromatic nitrogens is 2. The first-order valence-corrected chi connectivity index (χ1v) is 9.96. The van der Waals surface area contributed by atoms with Crippen molar-refractivity contribution < 1.29 is 32.2 Å². The van der Waals surface area contributed by atoms with E-state index in [9.17, 15) is 32.2 Å². The van der Waals surface area contributed by atoms with Crippen molar-refractivity contribution in [3.8, 4) is 5.75 Å². The van der Waals surface area contributed by atoms with E-state index in [0.717, 1.165) is 24.3 Å². The third-order valence-electron chi connectivity index (χ3n) is 6.52. The molecule has 2 unspecified atom stereocenters. The van der Waals surface area contributed by atoms with Crippen molar-refractivity contribution in [2.45, 2.75) is 49.4 Å². The van der Waals surface area contributed by atoms with Crippen LogP contribution in [0.2, 0.25) is 0 Å². The largest absolute Gasteiger partial charge is 0.505 e. The van der Waals surface area contributed by atoms with Crippen LogP contribution in [0.4, 0.5) is 27.6 Å². The number of rotatable bonds is 2. The van der Waals surface area contributed by atoms with E-state index in [0.29, 0.717) is 5.82 Å². The van der Waals surface area contributed by atoms with Gasteiger partial charge in [-0.15, -0.1) is 0 Å². The number of hydrogen-bond acceptors (Lipinski definition) is 5. The molecule has 3 aromatic rings. The molecule has 1 aromatic heterocycles. The lowest BCUT2D eigenvalue weighted by Crippen LogP contribution is -2.57. The van der Waals surface area contributed by atoms with Crippen molar-refractivity contribution in [3.63, 3.8) is 0 Å². The molecule has 2 aliphatic rings. The van der Waals surface area contributed by atoms with Crippen molar-refractivity contribution in [1.29, 1.82) is 0 Å². The molecule has 5 rings (SSSR count). The minimum absolute atomic E-state index is 0.0525. The summed E-state index contributed by atoms with van der Waals surface area (Å²) in [5.74, 6) is -2.07. The molecule has 1 saturated carbocycles. The van der Waals surface area contributed by atoms with E-state index in [1.165, 1.54) is 6.20 Å². The van der Waals surface area contributed by atoms with Crippen LogP contribution in [0.25, 0.3) is 10.9 Å². The Morgan fingerprint density at radius 1 is 1.16 bits per heavy atom. The molecule has 1 heterocycles. The highest BCUT2D eigenvalue weighted by atomic mass is 19.4. The minimum atomic E-state index is -5.06. The van der Waals surface area contributed by atoms with Gasteiger partial charge in [-0.25, -0.2) is 18.7 Å². The molecular weight excluding hydrogens is 433 g/mol. The van der Waals surface area contributed by atoms with Crippen molar-refractivity contribution in [3.05, 3.63) is 59.0 Å². The maximum Gasteiger partial charge on any atom is 0.419 e. The van der Waals surface area contributed by atoms with Gasteiger partial charge >= 0.3 is 6.18 Å². The molecule has 1 fully saturated rings. The smallest absolute Gasteiger partial charge is 0.419 e. The fourth-order valence-corrected chi connectivity index (χ4v) is 4.85. The van der Waals surface area contributed by atoms with Gasteiger partial charge in [-0.3, -0.25) is 0 Å². The molecule has 0 saturated heterocycles. The third kappa shape index (κ3) is 2.92. The van der Waals surface area contributed by atoms with Gasteiger partial charge in [0.25, 0.3) is 0 Å². The highest BCUT2D eigenvalue weighted by Gasteiger charge is 2.68. The Labute approximate surface area is 178 Å². The van der Waals surface area contributed by atoms with Gasteiger partial charge in [-0.1, -0.05) is 6.07 Å². The lowest BCUT2D eigenvalue weighted by molar-refractivity contribution is -0.274. The molecule has 10 heteroatoms. The number of aryl methyl sites for hydroxylation is 1. The van der Waals surface area contributed by atoms with Crippen LogP contribution in [0.1, 0.15) is 42.3 Å². The molecule has 32 heavy (non-hydrogen) atoms. The molecule has 168 valence electrons. The van der Waals surface area contributed by atoms with Crippen LogP contribution in [0.3, 0.4) is 0 Å². The van der Waals surface area contributed by atoms with Crippen molar-refractivity contribution in [2.75, 3.05) is 5.32 Å². The molecule has 0 bridgehead atoms. The number of nitrogens with zero attached hydrogens (tertiary/aromatic N) is 2. The number of aromatic hydroxyl groups is 1. The topological polar surface area (TPSA) is 78.3 Å². The fraction of sp³-hybridized carbons (Fsp3) is 0.364. The van der Waals surface area contributed by atoms with Crippen LogP contribution >= 0.6 is 0 Å². The number of phenols is 1. The number of fused-ring (bicyclic) bond motifs is 3. The maximum absolute atomic E-state index is 14.3. The number of alkyl halides is 3. The lowest BCUT2D eigenvalue weighted by atomic mass is 9.68. The zero-order valence-electron chi connectivity index (χ0n) is 16.8. The first-order chi connectivity index (χ1) is 14.9. The monoisotopic (exact) mass is 451 g/mol. The molecule has 3 N–H and O–H groups in total. The first-order valence-electron chi connectivity index (χ1n) is 9.96. The highest BCUT2D eigenvalue weighted by Crippen LogP contribution is 2.65. The quantitative estimate of drug-likeness (QED) is 0.488. The van der Waals surface area contributed by atoms with E-state index in [1.54, 1.807) is 6.92 Å². The average molecular weight is 451 g/mol. The van der Waals surface area contributed by atoms with Crippen LogP contribution in [0.15, 0.2) is 30.5 Å². The Balaban J connectivity index is 1.73. The molecule has 5 nitrogen and oxygen atoms in total. The summed E-state index contributed by atoms with van der Waals surface area (Å²) in [5.41, 5.74) is -4.34. The van der Waals surface area contributed by atoms with Gasteiger partial charge in [0.15, 0.2) is 17.2 Å². The number of hydrogen-bond donors (Lipinski definition) is 3. The molecule has 2 aliphatic carbocycles. The zero-order valence-corrected chi connectivity index (χ0v) is 16.8. The summed E-state index contributed by atoms with van der Waals surface area (Å²) in [4.78, 5) is 8.14. The predicted octanol–water partition coefficient (Wildman–Crippen LogP) is 4.80. The van der Waals surface area contributed by atoms with Crippen molar-refractivity contribution >= 4 is 16.6 Å². The molecule has 2 aromatic carbocycles. The summed E-state index contributed by atoms with van der Waals surface area (Å²) in [7, 11) is 0. The van der Waals surface area contributed by atoms with Crippen molar-refractivity contribution in [1.82, 2.24) is 9.97 Å².